The Bertz CT molecular complexity index is 454. The topological polar surface area (TPSA) is 72.2 Å². The predicted molar refractivity (Wildman–Crippen MR) is 70.6 cm³/mol. The van der Waals surface area contributed by atoms with Crippen molar-refractivity contribution < 1.29 is 12.9 Å². The second-order valence-corrected chi connectivity index (χ2v) is 6.46. The fourth-order valence-corrected chi connectivity index (χ4v) is 3.10. The summed E-state index contributed by atoms with van der Waals surface area (Å²) in [5.41, 5.74) is 0.691. The van der Waals surface area contributed by atoms with E-state index in [1.54, 1.807) is 13.0 Å². The highest BCUT2D eigenvalue weighted by molar-refractivity contribution is 7.88. The van der Waals surface area contributed by atoms with Crippen molar-refractivity contribution in [3.8, 4) is 0 Å². The van der Waals surface area contributed by atoms with Gasteiger partial charge in [-0.2, -0.15) is 0 Å². The summed E-state index contributed by atoms with van der Waals surface area (Å²) in [7, 11) is -3.34. The van der Waals surface area contributed by atoms with Gasteiger partial charge in [-0.1, -0.05) is 31.3 Å². The van der Waals surface area contributed by atoms with Gasteiger partial charge in [-0.15, -0.1) is 0 Å². The molecule has 0 radical (unpaired) electrons. The van der Waals surface area contributed by atoms with E-state index in [1.165, 1.54) is 0 Å². The molecule has 1 unspecified atom stereocenters. The molecule has 1 N–H and O–H groups in total. The maximum atomic E-state index is 11.9. The highest BCUT2D eigenvalue weighted by Crippen LogP contribution is 2.09. The molecule has 0 fully saturated rings. The van der Waals surface area contributed by atoms with Gasteiger partial charge in [0, 0.05) is 12.1 Å². The summed E-state index contributed by atoms with van der Waals surface area (Å²) < 4.78 is 31.3. The molecule has 0 amide bonds. The monoisotopic (exact) mass is 274 g/mol. The number of unbranched alkanes of at least 4 members (excludes halogenated alkanes) is 2. The Morgan fingerprint density at radius 2 is 2.17 bits per heavy atom. The summed E-state index contributed by atoms with van der Waals surface area (Å²) in [6.07, 6.45) is 4.17. The van der Waals surface area contributed by atoms with Crippen LogP contribution in [0.1, 0.15) is 51.0 Å². The lowest BCUT2D eigenvalue weighted by Gasteiger charge is -2.12. The lowest BCUT2D eigenvalue weighted by Crippen LogP contribution is -2.33. The average molecular weight is 274 g/mol. The molecule has 0 aliphatic rings. The van der Waals surface area contributed by atoms with Crippen molar-refractivity contribution in [1.82, 2.24) is 9.88 Å². The first kappa shape index (κ1) is 15.2. The zero-order chi connectivity index (χ0) is 13.6. The quantitative estimate of drug-likeness (QED) is 0.739. The summed E-state index contributed by atoms with van der Waals surface area (Å²) in [6, 6.07) is 1.60. The molecule has 1 heterocycles. The third-order valence-electron chi connectivity index (χ3n) is 2.63. The first-order chi connectivity index (χ1) is 8.43. The van der Waals surface area contributed by atoms with Crippen LogP contribution < -0.4 is 4.72 Å². The van der Waals surface area contributed by atoms with E-state index in [0.717, 1.165) is 25.7 Å². The second kappa shape index (κ2) is 6.89. The minimum Gasteiger partial charge on any atom is -0.360 e. The molecule has 0 saturated carbocycles. The molecule has 0 saturated heterocycles. The SMILES string of the molecule is CCCCCC(C)NS(=O)(=O)Cc1cc(C)no1. The minimum atomic E-state index is -3.34. The summed E-state index contributed by atoms with van der Waals surface area (Å²) in [5, 5.41) is 3.67. The van der Waals surface area contributed by atoms with Crippen LogP contribution >= 0.6 is 0 Å². The molecule has 1 atom stereocenters. The van der Waals surface area contributed by atoms with Gasteiger partial charge in [0.25, 0.3) is 0 Å². The number of nitrogens with zero attached hydrogens (tertiary/aromatic N) is 1. The van der Waals surface area contributed by atoms with Gasteiger partial charge in [0.1, 0.15) is 5.75 Å². The molecule has 0 aliphatic carbocycles. The van der Waals surface area contributed by atoms with E-state index < -0.39 is 10.0 Å². The number of sulfonamides is 1. The Hall–Kier alpha value is -0.880. The molecule has 1 aromatic heterocycles. The normalized spacial score (nSPS) is 13.7. The van der Waals surface area contributed by atoms with Crippen LogP contribution in [0.5, 0.6) is 0 Å². The number of aryl methyl sites for hydroxylation is 1. The Morgan fingerprint density at radius 1 is 1.44 bits per heavy atom. The lowest BCUT2D eigenvalue weighted by atomic mass is 10.1. The molecule has 1 rings (SSSR count). The van der Waals surface area contributed by atoms with Gasteiger partial charge in [-0.25, -0.2) is 13.1 Å². The van der Waals surface area contributed by atoms with Crippen molar-refractivity contribution in [1.29, 1.82) is 0 Å². The van der Waals surface area contributed by atoms with Crippen molar-refractivity contribution in [2.24, 2.45) is 0 Å². The molecular weight excluding hydrogens is 252 g/mol. The van der Waals surface area contributed by atoms with Crippen LogP contribution in [0.3, 0.4) is 0 Å². The maximum Gasteiger partial charge on any atom is 0.219 e. The third-order valence-corrected chi connectivity index (χ3v) is 4.06. The van der Waals surface area contributed by atoms with Gasteiger partial charge in [0.15, 0.2) is 5.76 Å². The highest BCUT2D eigenvalue weighted by Gasteiger charge is 2.17. The molecule has 104 valence electrons. The first-order valence-electron chi connectivity index (χ1n) is 6.35. The molecule has 18 heavy (non-hydrogen) atoms. The van der Waals surface area contributed by atoms with Crippen molar-refractivity contribution in [3.63, 3.8) is 0 Å². The Balaban J connectivity index is 2.44. The smallest absolute Gasteiger partial charge is 0.219 e. The molecule has 5 nitrogen and oxygen atoms in total. The highest BCUT2D eigenvalue weighted by atomic mass is 32.2. The number of aromatic nitrogens is 1. The molecule has 1 aromatic rings. The number of rotatable bonds is 8. The summed E-state index contributed by atoms with van der Waals surface area (Å²) in [4.78, 5) is 0. The van der Waals surface area contributed by atoms with Crippen LogP contribution in [0, 0.1) is 6.92 Å². The van der Waals surface area contributed by atoms with Crippen LogP contribution in [0.4, 0.5) is 0 Å². The zero-order valence-corrected chi connectivity index (χ0v) is 12.1. The van der Waals surface area contributed by atoms with Crippen molar-refractivity contribution in [3.05, 3.63) is 17.5 Å². The van der Waals surface area contributed by atoms with Gasteiger partial charge in [-0.3, -0.25) is 0 Å². The summed E-state index contributed by atoms with van der Waals surface area (Å²) >= 11 is 0. The fraction of sp³-hybridized carbons (Fsp3) is 0.750. The van der Waals surface area contributed by atoms with E-state index in [1.807, 2.05) is 6.92 Å². The van der Waals surface area contributed by atoms with Crippen LogP contribution in [-0.4, -0.2) is 19.6 Å². The number of hydrogen-bond donors (Lipinski definition) is 1. The van der Waals surface area contributed by atoms with Crippen molar-refractivity contribution >= 4 is 10.0 Å². The minimum absolute atomic E-state index is 0.0365. The van der Waals surface area contributed by atoms with Gasteiger partial charge >= 0.3 is 0 Å². The lowest BCUT2D eigenvalue weighted by molar-refractivity contribution is 0.388. The standard InChI is InChI=1S/C12H22N2O3S/c1-4-5-6-7-10(2)14-18(15,16)9-12-8-11(3)13-17-12/h8,10,14H,4-7,9H2,1-3H3. The van der Waals surface area contributed by atoms with Crippen LogP contribution in [0.25, 0.3) is 0 Å². The van der Waals surface area contributed by atoms with E-state index in [-0.39, 0.29) is 11.8 Å². The van der Waals surface area contributed by atoms with E-state index in [0.29, 0.717) is 11.5 Å². The predicted octanol–water partition coefficient (Wildman–Crippen LogP) is 2.37. The molecule has 0 aliphatic heterocycles. The van der Waals surface area contributed by atoms with Gasteiger partial charge in [-0.05, 0) is 20.3 Å². The van der Waals surface area contributed by atoms with Crippen LogP contribution in [0.2, 0.25) is 0 Å². The Kier molecular flexibility index (Phi) is 5.81. The number of nitrogens with one attached hydrogen (secondary N) is 1. The van der Waals surface area contributed by atoms with E-state index in [2.05, 4.69) is 16.8 Å². The van der Waals surface area contributed by atoms with Gasteiger partial charge in [0.05, 0.1) is 5.69 Å². The Labute approximate surface area is 109 Å². The van der Waals surface area contributed by atoms with Gasteiger partial charge < -0.3 is 4.52 Å². The molecule has 6 heteroatoms. The molecular formula is C12H22N2O3S. The van der Waals surface area contributed by atoms with Crippen molar-refractivity contribution in [2.45, 2.75) is 58.2 Å². The zero-order valence-electron chi connectivity index (χ0n) is 11.3. The Morgan fingerprint density at radius 3 is 2.72 bits per heavy atom. The fourth-order valence-electron chi connectivity index (χ4n) is 1.78. The second-order valence-electron chi connectivity index (χ2n) is 4.71. The van der Waals surface area contributed by atoms with Gasteiger partial charge in [0.2, 0.25) is 10.0 Å². The summed E-state index contributed by atoms with van der Waals surface area (Å²) in [6.45, 7) is 5.78. The van der Waals surface area contributed by atoms with E-state index >= 15 is 0 Å². The maximum absolute atomic E-state index is 11.9. The summed E-state index contributed by atoms with van der Waals surface area (Å²) in [5.74, 6) is 0.229. The van der Waals surface area contributed by atoms with Crippen LogP contribution in [-0.2, 0) is 15.8 Å². The largest absolute Gasteiger partial charge is 0.360 e. The van der Waals surface area contributed by atoms with Crippen LogP contribution in [0.15, 0.2) is 10.6 Å². The molecule has 0 bridgehead atoms. The first-order valence-corrected chi connectivity index (χ1v) is 8.00. The molecule has 0 aromatic carbocycles. The third kappa shape index (κ3) is 5.64. The average Bonchev–Trinajstić information content (AvgIpc) is 2.62. The van der Waals surface area contributed by atoms with E-state index in [9.17, 15) is 8.42 Å². The van der Waals surface area contributed by atoms with E-state index in [4.69, 9.17) is 4.52 Å². The number of hydrogen-bond acceptors (Lipinski definition) is 4. The molecule has 0 spiro atoms. The van der Waals surface area contributed by atoms with Crippen molar-refractivity contribution in [2.75, 3.05) is 0 Å².